The van der Waals surface area contributed by atoms with Crippen LogP contribution in [0.4, 0.5) is 5.69 Å². The van der Waals surface area contributed by atoms with Gasteiger partial charge >= 0.3 is 0 Å². The van der Waals surface area contributed by atoms with Crippen LogP contribution in [0.15, 0.2) is 18.2 Å². The monoisotopic (exact) mass is 247 g/mol. The lowest BCUT2D eigenvalue weighted by molar-refractivity contribution is 0.0913. The second-order valence-electron chi connectivity index (χ2n) is 5.17. The minimum Gasteiger partial charge on any atom is -0.398 e. The Morgan fingerprint density at radius 3 is 3.00 bits per heavy atom. The zero-order valence-corrected chi connectivity index (χ0v) is 11.1. The first-order chi connectivity index (χ1) is 8.56. The predicted molar refractivity (Wildman–Crippen MR) is 73.6 cm³/mol. The third kappa shape index (κ3) is 3.01. The van der Waals surface area contributed by atoms with Crippen molar-refractivity contribution in [2.75, 3.05) is 25.9 Å². The van der Waals surface area contributed by atoms with Gasteiger partial charge in [-0.15, -0.1) is 0 Å². The van der Waals surface area contributed by atoms with Gasteiger partial charge in [-0.05, 0) is 45.5 Å². The minimum absolute atomic E-state index is 0.0588. The Hall–Kier alpha value is -1.55. The van der Waals surface area contributed by atoms with Crippen molar-refractivity contribution in [1.29, 1.82) is 0 Å². The Morgan fingerprint density at radius 2 is 2.28 bits per heavy atom. The van der Waals surface area contributed by atoms with Crippen LogP contribution >= 0.6 is 0 Å². The number of hydrogen-bond donors (Lipinski definition) is 2. The summed E-state index contributed by atoms with van der Waals surface area (Å²) in [5, 5.41) is 3.07. The van der Waals surface area contributed by atoms with Gasteiger partial charge in [-0.25, -0.2) is 0 Å². The van der Waals surface area contributed by atoms with Crippen LogP contribution in [-0.4, -0.2) is 37.0 Å². The quantitative estimate of drug-likeness (QED) is 0.777. The molecule has 1 atom stereocenters. The SMILES string of the molecule is Cc1ccc(N)c(C(=O)NC2CCCN(C)C2)c1. The highest BCUT2D eigenvalue weighted by atomic mass is 16.1. The molecule has 18 heavy (non-hydrogen) atoms. The molecule has 4 heteroatoms. The molecule has 0 aromatic heterocycles. The largest absolute Gasteiger partial charge is 0.398 e. The van der Waals surface area contributed by atoms with Crippen molar-refractivity contribution >= 4 is 11.6 Å². The van der Waals surface area contributed by atoms with Gasteiger partial charge in [-0.1, -0.05) is 11.6 Å². The molecule has 1 aliphatic rings. The number of hydrogen-bond acceptors (Lipinski definition) is 3. The van der Waals surface area contributed by atoms with E-state index in [9.17, 15) is 4.79 Å². The molecule has 0 spiro atoms. The van der Waals surface area contributed by atoms with Gasteiger partial charge in [0.05, 0.1) is 5.56 Å². The van der Waals surface area contributed by atoms with E-state index in [-0.39, 0.29) is 11.9 Å². The fraction of sp³-hybridized carbons (Fsp3) is 0.500. The lowest BCUT2D eigenvalue weighted by Crippen LogP contribution is -2.46. The number of nitrogens with zero attached hydrogens (tertiary/aromatic N) is 1. The highest BCUT2D eigenvalue weighted by Crippen LogP contribution is 2.15. The van der Waals surface area contributed by atoms with Crippen LogP contribution in [0.25, 0.3) is 0 Å². The van der Waals surface area contributed by atoms with Gasteiger partial charge in [0.2, 0.25) is 0 Å². The molecule has 2 rings (SSSR count). The minimum atomic E-state index is -0.0588. The molecule has 3 N–H and O–H groups in total. The number of piperidine rings is 1. The molecule has 1 heterocycles. The highest BCUT2D eigenvalue weighted by molar-refractivity contribution is 5.99. The zero-order valence-electron chi connectivity index (χ0n) is 11.1. The average Bonchev–Trinajstić information content (AvgIpc) is 2.32. The standard InChI is InChI=1S/C14H21N3O/c1-10-5-6-13(15)12(8-10)14(18)16-11-4-3-7-17(2)9-11/h5-6,8,11H,3-4,7,9,15H2,1-2H3,(H,16,18). The number of benzene rings is 1. The van der Waals surface area contributed by atoms with E-state index in [0.717, 1.165) is 31.5 Å². The molecule has 1 amide bonds. The number of aryl methyl sites for hydroxylation is 1. The molecular formula is C14H21N3O. The normalized spacial score (nSPS) is 20.7. The molecule has 98 valence electrons. The van der Waals surface area contributed by atoms with Crippen LogP contribution in [0.3, 0.4) is 0 Å². The van der Waals surface area contributed by atoms with Crippen LogP contribution < -0.4 is 11.1 Å². The molecule has 4 nitrogen and oxygen atoms in total. The summed E-state index contributed by atoms with van der Waals surface area (Å²) in [6, 6.07) is 5.78. The molecule has 1 aromatic rings. The van der Waals surface area contributed by atoms with Crippen molar-refractivity contribution in [3.05, 3.63) is 29.3 Å². The number of amides is 1. The van der Waals surface area contributed by atoms with Crippen LogP contribution in [-0.2, 0) is 0 Å². The second-order valence-corrected chi connectivity index (χ2v) is 5.17. The van der Waals surface area contributed by atoms with E-state index in [4.69, 9.17) is 5.73 Å². The number of carbonyl (C=O) groups is 1. The summed E-state index contributed by atoms with van der Waals surface area (Å²) in [7, 11) is 2.08. The summed E-state index contributed by atoms with van der Waals surface area (Å²) in [6.45, 7) is 3.99. The van der Waals surface area contributed by atoms with Crippen LogP contribution in [0.1, 0.15) is 28.8 Å². The van der Waals surface area contributed by atoms with Gasteiger partial charge in [0.15, 0.2) is 0 Å². The Morgan fingerprint density at radius 1 is 1.50 bits per heavy atom. The topological polar surface area (TPSA) is 58.4 Å². The second kappa shape index (κ2) is 5.40. The third-order valence-electron chi connectivity index (χ3n) is 3.41. The first-order valence-electron chi connectivity index (χ1n) is 6.42. The first kappa shape index (κ1) is 12.9. The van der Waals surface area contributed by atoms with E-state index in [0.29, 0.717) is 11.3 Å². The van der Waals surface area contributed by atoms with E-state index < -0.39 is 0 Å². The number of nitrogens with two attached hydrogens (primary N) is 1. The number of likely N-dealkylation sites (N-methyl/N-ethyl adjacent to an activating group) is 1. The number of carbonyl (C=O) groups excluding carboxylic acids is 1. The Kier molecular flexibility index (Phi) is 3.87. The average molecular weight is 247 g/mol. The summed E-state index contributed by atoms with van der Waals surface area (Å²) in [6.07, 6.45) is 2.17. The van der Waals surface area contributed by atoms with Crippen molar-refractivity contribution < 1.29 is 4.79 Å². The molecular weight excluding hydrogens is 226 g/mol. The zero-order chi connectivity index (χ0) is 13.1. The number of nitrogens with one attached hydrogen (secondary N) is 1. The van der Waals surface area contributed by atoms with Crippen LogP contribution in [0.2, 0.25) is 0 Å². The van der Waals surface area contributed by atoms with Gasteiger partial charge in [0.1, 0.15) is 0 Å². The third-order valence-corrected chi connectivity index (χ3v) is 3.41. The molecule has 1 aliphatic heterocycles. The number of anilines is 1. The fourth-order valence-electron chi connectivity index (χ4n) is 2.41. The van der Waals surface area contributed by atoms with Gasteiger partial charge in [-0.2, -0.15) is 0 Å². The summed E-state index contributed by atoms with van der Waals surface area (Å²) >= 11 is 0. The van der Waals surface area contributed by atoms with Gasteiger partial charge in [0, 0.05) is 18.3 Å². The van der Waals surface area contributed by atoms with Crippen molar-refractivity contribution in [1.82, 2.24) is 10.2 Å². The Labute approximate surface area is 108 Å². The summed E-state index contributed by atoms with van der Waals surface area (Å²) in [5.74, 6) is -0.0588. The van der Waals surface area contributed by atoms with E-state index >= 15 is 0 Å². The molecule has 1 aromatic carbocycles. The maximum Gasteiger partial charge on any atom is 0.253 e. The predicted octanol–water partition coefficient (Wildman–Crippen LogP) is 1.40. The molecule has 0 saturated carbocycles. The number of nitrogen functional groups attached to an aromatic ring is 1. The van der Waals surface area contributed by atoms with Crippen LogP contribution in [0, 0.1) is 6.92 Å². The first-order valence-corrected chi connectivity index (χ1v) is 6.42. The fourth-order valence-corrected chi connectivity index (χ4v) is 2.41. The highest BCUT2D eigenvalue weighted by Gasteiger charge is 2.20. The van der Waals surface area contributed by atoms with Crippen LogP contribution in [0.5, 0.6) is 0 Å². The van der Waals surface area contributed by atoms with Gasteiger partial charge in [-0.3, -0.25) is 4.79 Å². The lowest BCUT2D eigenvalue weighted by atomic mass is 10.0. The maximum atomic E-state index is 12.2. The summed E-state index contributed by atoms with van der Waals surface area (Å²) in [5.41, 5.74) is 8.03. The molecule has 0 aliphatic carbocycles. The molecule has 0 radical (unpaired) electrons. The Balaban J connectivity index is 2.05. The molecule has 1 unspecified atom stereocenters. The number of rotatable bonds is 2. The Bertz CT molecular complexity index is 445. The number of likely N-dealkylation sites (tertiary alicyclic amines) is 1. The smallest absolute Gasteiger partial charge is 0.253 e. The van der Waals surface area contributed by atoms with E-state index in [2.05, 4.69) is 17.3 Å². The lowest BCUT2D eigenvalue weighted by Gasteiger charge is -2.30. The van der Waals surface area contributed by atoms with E-state index in [1.807, 2.05) is 19.1 Å². The van der Waals surface area contributed by atoms with Crippen molar-refractivity contribution in [2.45, 2.75) is 25.8 Å². The summed E-state index contributed by atoms with van der Waals surface area (Å²) < 4.78 is 0. The molecule has 1 saturated heterocycles. The van der Waals surface area contributed by atoms with E-state index in [1.165, 1.54) is 0 Å². The van der Waals surface area contributed by atoms with Gasteiger partial charge < -0.3 is 16.0 Å². The molecule has 0 bridgehead atoms. The summed E-state index contributed by atoms with van der Waals surface area (Å²) in [4.78, 5) is 14.4. The van der Waals surface area contributed by atoms with Crippen molar-refractivity contribution in [3.8, 4) is 0 Å². The van der Waals surface area contributed by atoms with E-state index in [1.54, 1.807) is 6.07 Å². The van der Waals surface area contributed by atoms with Gasteiger partial charge in [0.25, 0.3) is 5.91 Å². The molecule has 1 fully saturated rings. The van der Waals surface area contributed by atoms with Crippen molar-refractivity contribution in [2.24, 2.45) is 0 Å². The maximum absolute atomic E-state index is 12.2. The van der Waals surface area contributed by atoms with Crippen molar-refractivity contribution in [3.63, 3.8) is 0 Å².